The highest BCUT2D eigenvalue weighted by Crippen LogP contribution is 2.41. The molecule has 3 nitrogen and oxygen atoms in total. The van der Waals surface area contributed by atoms with Gasteiger partial charge in [-0.05, 0) is 164 Å². The van der Waals surface area contributed by atoms with Crippen molar-refractivity contribution in [2.75, 3.05) is 4.90 Å². The average molecular weight is 882 g/mol. The lowest BCUT2D eigenvalue weighted by Gasteiger charge is -2.26. The molecule has 0 bridgehead atoms. The fourth-order valence-corrected chi connectivity index (χ4v) is 9.96. The Morgan fingerprint density at radius 1 is 0.188 bits per heavy atom. The van der Waals surface area contributed by atoms with Crippen LogP contribution in [0.4, 0.5) is 17.1 Å². The topological polar surface area (TPSA) is 29.5 Å². The number of para-hydroxylation sites is 2. The number of fused-ring (bicyclic) bond motifs is 6. The van der Waals surface area contributed by atoms with Gasteiger partial charge in [0.1, 0.15) is 22.3 Å². The molecule has 0 N–H and O–H groups in total. The molecule has 69 heavy (non-hydrogen) atoms. The number of benzene rings is 11. The first-order valence-corrected chi connectivity index (χ1v) is 23.5. The predicted molar refractivity (Wildman–Crippen MR) is 288 cm³/mol. The monoisotopic (exact) mass is 881 g/mol. The van der Waals surface area contributed by atoms with Crippen molar-refractivity contribution < 1.29 is 8.83 Å². The standard InChI is InChI=1S/C66H43NO2/c1-3-13-44(14-4-1)46-25-31-56(32-26-46)67(57-33-27-47(28-34-57)45-15-5-2-6-16-45)58-20-12-19-50(41-58)48-17-11-18-49(37-48)53-38-54(51-29-35-61-59-21-7-9-23-63(59)68-65(61)42-51)40-55(39-53)52-30-36-62-60-22-8-10-24-64(60)69-66(62)43-52/h1-43H. The molecule has 0 radical (unpaired) electrons. The molecule has 0 fully saturated rings. The van der Waals surface area contributed by atoms with Crippen LogP contribution in [0.2, 0.25) is 0 Å². The molecule has 2 heterocycles. The quantitative estimate of drug-likeness (QED) is 0.145. The zero-order valence-electron chi connectivity index (χ0n) is 37.6. The molecular weight excluding hydrogens is 839 g/mol. The van der Waals surface area contributed by atoms with E-state index in [4.69, 9.17) is 8.83 Å². The molecule has 0 atom stereocenters. The van der Waals surface area contributed by atoms with E-state index in [1.165, 1.54) is 22.3 Å². The van der Waals surface area contributed by atoms with Gasteiger partial charge in [0.2, 0.25) is 0 Å². The maximum Gasteiger partial charge on any atom is 0.136 e. The van der Waals surface area contributed by atoms with Crippen LogP contribution in [0, 0.1) is 0 Å². The summed E-state index contributed by atoms with van der Waals surface area (Å²) in [5.41, 5.74) is 20.4. The molecule has 13 rings (SSSR count). The highest BCUT2D eigenvalue weighted by atomic mass is 16.3. The van der Waals surface area contributed by atoms with Crippen molar-refractivity contribution in [3.8, 4) is 66.8 Å². The van der Waals surface area contributed by atoms with Gasteiger partial charge in [0.05, 0.1) is 0 Å². The van der Waals surface area contributed by atoms with Crippen molar-refractivity contribution in [1.82, 2.24) is 0 Å². The molecule has 13 aromatic rings. The van der Waals surface area contributed by atoms with Gasteiger partial charge in [0.15, 0.2) is 0 Å². The van der Waals surface area contributed by atoms with E-state index in [1.807, 2.05) is 24.3 Å². The molecule has 0 aliphatic carbocycles. The van der Waals surface area contributed by atoms with E-state index in [-0.39, 0.29) is 0 Å². The summed E-state index contributed by atoms with van der Waals surface area (Å²) in [6.07, 6.45) is 0. The molecule has 324 valence electrons. The molecular formula is C66H43NO2. The van der Waals surface area contributed by atoms with Crippen LogP contribution < -0.4 is 4.90 Å². The van der Waals surface area contributed by atoms with Gasteiger partial charge < -0.3 is 13.7 Å². The third kappa shape index (κ3) is 7.53. The van der Waals surface area contributed by atoms with Crippen LogP contribution in [0.1, 0.15) is 0 Å². The van der Waals surface area contributed by atoms with E-state index in [2.05, 4.69) is 241 Å². The molecule has 0 spiro atoms. The lowest BCUT2D eigenvalue weighted by molar-refractivity contribution is 0.668. The summed E-state index contributed by atoms with van der Waals surface area (Å²) in [5.74, 6) is 0. The lowest BCUT2D eigenvalue weighted by atomic mass is 9.91. The van der Waals surface area contributed by atoms with E-state index in [1.54, 1.807) is 0 Å². The smallest absolute Gasteiger partial charge is 0.136 e. The first-order chi connectivity index (χ1) is 34.1. The molecule has 2 aromatic heterocycles. The predicted octanol–water partition coefficient (Wildman–Crippen LogP) is 19.0. The van der Waals surface area contributed by atoms with Crippen LogP contribution in [0.25, 0.3) is 111 Å². The van der Waals surface area contributed by atoms with Gasteiger partial charge in [0.25, 0.3) is 0 Å². The Hall–Kier alpha value is -9.18. The summed E-state index contributed by atoms with van der Waals surface area (Å²) in [6, 6.07) is 93.3. The number of nitrogens with zero attached hydrogens (tertiary/aromatic N) is 1. The minimum absolute atomic E-state index is 0.875. The fourth-order valence-electron chi connectivity index (χ4n) is 9.96. The summed E-state index contributed by atoms with van der Waals surface area (Å²) in [7, 11) is 0. The normalized spacial score (nSPS) is 11.5. The highest BCUT2D eigenvalue weighted by molar-refractivity contribution is 6.07. The molecule has 0 saturated heterocycles. The van der Waals surface area contributed by atoms with Crippen LogP contribution in [0.3, 0.4) is 0 Å². The summed E-state index contributed by atoms with van der Waals surface area (Å²) in [4.78, 5) is 2.35. The Balaban J connectivity index is 0.908. The molecule has 3 heteroatoms. The van der Waals surface area contributed by atoms with E-state index < -0.39 is 0 Å². The Kier molecular flexibility index (Phi) is 9.84. The van der Waals surface area contributed by atoms with Crippen molar-refractivity contribution in [2.45, 2.75) is 0 Å². The van der Waals surface area contributed by atoms with E-state index in [9.17, 15) is 0 Å². The number of hydrogen-bond donors (Lipinski definition) is 0. The Bertz CT molecular complexity index is 3780. The van der Waals surface area contributed by atoms with Gasteiger partial charge in [-0.15, -0.1) is 0 Å². The third-order valence-electron chi connectivity index (χ3n) is 13.5. The number of rotatable bonds is 9. The Labute approximate surface area is 400 Å². The van der Waals surface area contributed by atoms with Gasteiger partial charge >= 0.3 is 0 Å². The fraction of sp³-hybridized carbons (Fsp3) is 0. The molecule has 0 amide bonds. The number of hydrogen-bond acceptors (Lipinski definition) is 3. The second-order valence-corrected chi connectivity index (χ2v) is 17.7. The highest BCUT2D eigenvalue weighted by Gasteiger charge is 2.17. The van der Waals surface area contributed by atoms with Crippen molar-refractivity contribution in [1.29, 1.82) is 0 Å². The first kappa shape index (κ1) is 40.1. The van der Waals surface area contributed by atoms with Crippen LogP contribution in [0.15, 0.2) is 270 Å². The summed E-state index contributed by atoms with van der Waals surface area (Å²) < 4.78 is 12.8. The van der Waals surface area contributed by atoms with Crippen molar-refractivity contribution >= 4 is 60.9 Å². The van der Waals surface area contributed by atoms with Crippen LogP contribution >= 0.6 is 0 Å². The molecule has 0 saturated carbocycles. The second-order valence-electron chi connectivity index (χ2n) is 17.7. The lowest BCUT2D eigenvalue weighted by Crippen LogP contribution is -2.10. The largest absolute Gasteiger partial charge is 0.456 e. The SMILES string of the molecule is c1ccc(-c2ccc(N(c3ccc(-c4ccccc4)cc3)c3cccc(-c4cccc(-c5cc(-c6ccc7c(c6)oc6ccccc67)cc(-c6ccc7c(c6)oc6ccccc67)c5)c4)c3)cc2)cc1. The van der Waals surface area contributed by atoms with Crippen molar-refractivity contribution in [3.05, 3.63) is 261 Å². The van der Waals surface area contributed by atoms with Gasteiger partial charge in [-0.25, -0.2) is 0 Å². The van der Waals surface area contributed by atoms with Crippen molar-refractivity contribution in [2.24, 2.45) is 0 Å². The average Bonchev–Trinajstić information content (AvgIpc) is 4.00. The summed E-state index contributed by atoms with van der Waals surface area (Å²) in [5, 5.41) is 4.48. The van der Waals surface area contributed by atoms with E-state index in [0.29, 0.717) is 0 Å². The van der Waals surface area contributed by atoms with Crippen LogP contribution in [0.5, 0.6) is 0 Å². The Morgan fingerprint density at radius 2 is 0.522 bits per heavy atom. The van der Waals surface area contributed by atoms with Gasteiger partial charge in [-0.1, -0.05) is 164 Å². The Morgan fingerprint density at radius 3 is 1.01 bits per heavy atom. The van der Waals surface area contributed by atoms with Crippen molar-refractivity contribution in [3.63, 3.8) is 0 Å². The molecule has 0 aliphatic heterocycles. The third-order valence-corrected chi connectivity index (χ3v) is 13.5. The van der Waals surface area contributed by atoms with E-state index in [0.717, 1.165) is 105 Å². The van der Waals surface area contributed by atoms with E-state index >= 15 is 0 Å². The summed E-state index contributed by atoms with van der Waals surface area (Å²) in [6.45, 7) is 0. The van der Waals surface area contributed by atoms with Gasteiger partial charge in [-0.3, -0.25) is 0 Å². The maximum atomic E-state index is 6.40. The zero-order chi connectivity index (χ0) is 45.7. The molecule has 11 aromatic carbocycles. The van der Waals surface area contributed by atoms with Gasteiger partial charge in [0, 0.05) is 38.6 Å². The minimum Gasteiger partial charge on any atom is -0.456 e. The molecule has 0 unspecified atom stereocenters. The summed E-state index contributed by atoms with van der Waals surface area (Å²) >= 11 is 0. The molecule has 0 aliphatic rings. The second kappa shape index (κ2) is 16.9. The minimum atomic E-state index is 0.875. The zero-order valence-corrected chi connectivity index (χ0v) is 37.6. The number of anilines is 3. The van der Waals surface area contributed by atoms with Crippen LogP contribution in [-0.2, 0) is 0 Å². The van der Waals surface area contributed by atoms with Crippen LogP contribution in [-0.4, -0.2) is 0 Å². The first-order valence-electron chi connectivity index (χ1n) is 23.5. The van der Waals surface area contributed by atoms with Gasteiger partial charge in [-0.2, -0.15) is 0 Å². The number of furan rings is 2. The maximum absolute atomic E-state index is 6.40.